The highest BCUT2D eigenvalue weighted by Crippen LogP contribution is 2.41. The van der Waals surface area contributed by atoms with Gasteiger partial charge in [0.05, 0.1) is 18.8 Å². The first-order chi connectivity index (χ1) is 15.4. The monoisotopic (exact) mass is 482 g/mol. The largest absolute Gasteiger partial charge is 0.380 e. The van der Waals surface area contributed by atoms with Crippen molar-refractivity contribution >= 4 is 15.9 Å². The molecule has 2 aliphatic rings. The fourth-order valence-corrected chi connectivity index (χ4v) is 5.34. The van der Waals surface area contributed by atoms with Gasteiger partial charge in [0, 0.05) is 5.56 Å². The molecule has 1 aliphatic heterocycles. The number of likely N-dealkylation sites (tertiary alicyclic amines) is 1. The summed E-state index contributed by atoms with van der Waals surface area (Å²) >= 11 is 0. The zero-order chi connectivity index (χ0) is 24.0. The van der Waals surface area contributed by atoms with Crippen molar-refractivity contribution in [2.75, 3.05) is 12.8 Å². The molecule has 0 spiro atoms. The number of amides is 1. The summed E-state index contributed by atoms with van der Waals surface area (Å²) in [7, 11) is -4.07. The van der Waals surface area contributed by atoms with Crippen LogP contribution < -0.4 is 4.72 Å². The summed E-state index contributed by atoms with van der Waals surface area (Å²) in [6.45, 7) is -1.06. The Balaban J connectivity index is 1.73. The highest BCUT2D eigenvalue weighted by molar-refractivity contribution is 7.88. The van der Waals surface area contributed by atoms with Gasteiger partial charge >= 0.3 is 0 Å². The van der Waals surface area contributed by atoms with Gasteiger partial charge in [-0.3, -0.25) is 4.79 Å². The van der Waals surface area contributed by atoms with Crippen molar-refractivity contribution in [3.63, 3.8) is 0 Å². The number of hydrogen-bond donors (Lipinski definition) is 2. The van der Waals surface area contributed by atoms with Crippen molar-refractivity contribution in [1.82, 2.24) is 9.62 Å². The highest BCUT2D eigenvalue weighted by Gasteiger charge is 2.59. The highest BCUT2D eigenvalue weighted by atomic mass is 32.2. The van der Waals surface area contributed by atoms with E-state index in [9.17, 15) is 27.1 Å². The fraction of sp³-hybridized carbons (Fsp3) is 0.435. The zero-order valence-corrected chi connectivity index (χ0v) is 18.8. The molecule has 1 aliphatic carbocycles. The molecule has 0 aromatic heterocycles. The van der Waals surface area contributed by atoms with Gasteiger partial charge in [0.25, 0.3) is 11.8 Å². The number of nitrogens with zero attached hydrogens (tertiary/aromatic N) is 1. The SMILES string of the molecule is CS(=O)(=O)N[C@@H]1[C@H](Cc2cccc(-c3ccccc3)c2F)N(C(=O)C2(O)CCC2)CC1(F)F. The van der Waals surface area contributed by atoms with E-state index in [0.29, 0.717) is 12.0 Å². The number of rotatable bonds is 6. The average Bonchev–Trinajstić information content (AvgIpc) is 2.96. The first kappa shape index (κ1) is 23.7. The van der Waals surface area contributed by atoms with Gasteiger partial charge in [-0.25, -0.2) is 26.3 Å². The summed E-state index contributed by atoms with van der Waals surface area (Å²) in [5.74, 6) is -5.11. The van der Waals surface area contributed by atoms with E-state index in [0.717, 1.165) is 11.2 Å². The van der Waals surface area contributed by atoms with Gasteiger partial charge < -0.3 is 10.0 Å². The number of alkyl halides is 2. The Hall–Kier alpha value is -2.43. The van der Waals surface area contributed by atoms with Gasteiger partial charge in [0.15, 0.2) is 0 Å². The van der Waals surface area contributed by atoms with Gasteiger partial charge in [-0.05, 0) is 36.8 Å². The molecule has 1 saturated heterocycles. The third kappa shape index (κ3) is 4.64. The lowest BCUT2D eigenvalue weighted by molar-refractivity contribution is -0.162. The van der Waals surface area contributed by atoms with E-state index in [2.05, 4.69) is 0 Å². The molecule has 4 rings (SSSR count). The first-order valence-electron chi connectivity index (χ1n) is 10.6. The Morgan fingerprint density at radius 2 is 1.82 bits per heavy atom. The van der Waals surface area contributed by atoms with Crippen LogP contribution >= 0.6 is 0 Å². The van der Waals surface area contributed by atoms with Crippen molar-refractivity contribution < 1.29 is 31.5 Å². The lowest BCUT2D eigenvalue weighted by Gasteiger charge is -2.40. The zero-order valence-electron chi connectivity index (χ0n) is 18.0. The maximum atomic E-state index is 15.4. The van der Waals surface area contributed by atoms with Crippen molar-refractivity contribution in [2.45, 2.75) is 49.3 Å². The standard InChI is InChI=1S/C23H25F3N2O4S/c1-33(31,32)27-20-18(28(14-23(20,25)26)21(29)22(30)11-6-12-22)13-16-9-5-10-17(19(16)24)15-7-3-2-4-8-15/h2-5,7-10,18,20,27,30H,6,11-14H2,1H3/t18-,20+/m0/s1. The molecule has 1 amide bonds. The van der Waals surface area contributed by atoms with Crippen LogP contribution in [-0.4, -0.2) is 60.7 Å². The lowest BCUT2D eigenvalue weighted by atomic mass is 9.79. The van der Waals surface area contributed by atoms with Gasteiger partial charge in [0.1, 0.15) is 17.5 Å². The maximum absolute atomic E-state index is 15.4. The van der Waals surface area contributed by atoms with E-state index in [-0.39, 0.29) is 30.4 Å². The number of carbonyl (C=O) groups excluding carboxylic acids is 1. The van der Waals surface area contributed by atoms with Gasteiger partial charge in [-0.15, -0.1) is 0 Å². The predicted molar refractivity (Wildman–Crippen MR) is 117 cm³/mol. The van der Waals surface area contributed by atoms with Crippen molar-refractivity contribution in [3.05, 3.63) is 59.9 Å². The molecule has 0 unspecified atom stereocenters. The fourth-order valence-electron chi connectivity index (χ4n) is 4.55. The quantitative estimate of drug-likeness (QED) is 0.663. The third-order valence-electron chi connectivity index (χ3n) is 6.39. The molecule has 2 aromatic carbocycles. The van der Waals surface area contributed by atoms with Gasteiger partial charge in [-0.1, -0.05) is 48.5 Å². The first-order valence-corrected chi connectivity index (χ1v) is 12.5. The Bertz CT molecular complexity index is 1150. The minimum atomic E-state index is -4.07. The summed E-state index contributed by atoms with van der Waals surface area (Å²) in [5.41, 5.74) is -0.825. The number of aliphatic hydroxyl groups is 1. The second-order valence-corrected chi connectivity index (χ2v) is 10.6. The molecule has 0 radical (unpaired) electrons. The summed E-state index contributed by atoms with van der Waals surface area (Å²) < 4.78 is 71.0. The maximum Gasteiger partial charge on any atom is 0.283 e. The number of benzene rings is 2. The molecule has 2 aromatic rings. The van der Waals surface area contributed by atoms with Crippen LogP contribution in [0.3, 0.4) is 0 Å². The number of carbonyl (C=O) groups is 1. The number of hydrogen-bond acceptors (Lipinski definition) is 4. The molecule has 10 heteroatoms. The van der Waals surface area contributed by atoms with E-state index in [1.807, 2.05) is 4.72 Å². The smallest absolute Gasteiger partial charge is 0.283 e. The molecule has 2 atom stereocenters. The van der Waals surface area contributed by atoms with E-state index in [1.54, 1.807) is 42.5 Å². The Kier molecular flexibility index (Phi) is 6.05. The minimum absolute atomic E-state index is 0.0674. The summed E-state index contributed by atoms with van der Waals surface area (Å²) in [4.78, 5) is 13.8. The molecular formula is C23H25F3N2O4S. The molecule has 0 bridgehead atoms. The van der Waals surface area contributed by atoms with Crippen LogP contribution in [0, 0.1) is 5.82 Å². The third-order valence-corrected chi connectivity index (χ3v) is 7.08. The van der Waals surface area contributed by atoms with Crippen molar-refractivity contribution in [3.8, 4) is 11.1 Å². The summed E-state index contributed by atoms with van der Waals surface area (Å²) in [6, 6.07) is 9.91. The summed E-state index contributed by atoms with van der Waals surface area (Å²) in [6.07, 6.45) is 1.26. The molecule has 6 nitrogen and oxygen atoms in total. The summed E-state index contributed by atoms with van der Waals surface area (Å²) in [5, 5.41) is 10.5. The molecular weight excluding hydrogens is 457 g/mol. The van der Waals surface area contributed by atoms with E-state index < -0.39 is 51.9 Å². The van der Waals surface area contributed by atoms with E-state index in [4.69, 9.17) is 0 Å². The van der Waals surface area contributed by atoms with E-state index >= 15 is 4.39 Å². The number of sulfonamides is 1. The Morgan fingerprint density at radius 1 is 1.15 bits per heavy atom. The van der Waals surface area contributed by atoms with Crippen LogP contribution in [0.5, 0.6) is 0 Å². The lowest BCUT2D eigenvalue weighted by Crippen LogP contribution is -2.57. The van der Waals surface area contributed by atoms with Crippen LogP contribution in [0.2, 0.25) is 0 Å². The van der Waals surface area contributed by atoms with Gasteiger partial charge in [-0.2, -0.15) is 0 Å². The van der Waals surface area contributed by atoms with Crippen LogP contribution in [0.1, 0.15) is 24.8 Å². The van der Waals surface area contributed by atoms with Crippen LogP contribution in [-0.2, 0) is 21.2 Å². The second-order valence-electron chi connectivity index (χ2n) is 8.86. The molecule has 178 valence electrons. The van der Waals surface area contributed by atoms with Crippen molar-refractivity contribution in [2.24, 2.45) is 0 Å². The molecule has 1 saturated carbocycles. The van der Waals surface area contributed by atoms with E-state index in [1.165, 1.54) is 6.07 Å². The number of nitrogens with one attached hydrogen (secondary N) is 1. The minimum Gasteiger partial charge on any atom is -0.380 e. The van der Waals surface area contributed by atoms with Crippen LogP contribution in [0.25, 0.3) is 11.1 Å². The second kappa shape index (κ2) is 8.41. The normalized spacial score (nSPS) is 23.8. The predicted octanol–water partition coefficient (Wildman–Crippen LogP) is 2.71. The topological polar surface area (TPSA) is 86.7 Å². The van der Waals surface area contributed by atoms with Crippen LogP contribution in [0.15, 0.2) is 48.5 Å². The average molecular weight is 483 g/mol. The molecule has 2 fully saturated rings. The molecule has 2 N–H and O–H groups in total. The number of halogens is 3. The van der Waals surface area contributed by atoms with Crippen molar-refractivity contribution in [1.29, 1.82) is 0 Å². The molecule has 1 heterocycles. The molecule has 33 heavy (non-hydrogen) atoms. The van der Waals surface area contributed by atoms with Gasteiger partial charge in [0.2, 0.25) is 10.0 Å². The Labute approximate surface area is 190 Å². The Morgan fingerprint density at radius 3 is 2.39 bits per heavy atom. The van der Waals surface area contributed by atoms with Crippen LogP contribution in [0.4, 0.5) is 13.2 Å².